The highest BCUT2D eigenvalue weighted by Crippen LogP contribution is 2.30. The average Bonchev–Trinajstić information content (AvgIpc) is 2.78. The third-order valence-corrected chi connectivity index (χ3v) is 14.4. The molecule has 0 aliphatic carbocycles. The van der Waals surface area contributed by atoms with Crippen molar-refractivity contribution in [1.82, 2.24) is 0 Å². The first-order valence-electron chi connectivity index (χ1n) is 12.6. The second-order valence-corrected chi connectivity index (χ2v) is 18.8. The van der Waals surface area contributed by atoms with Crippen molar-refractivity contribution >= 4 is 28.2 Å². The van der Waals surface area contributed by atoms with E-state index in [1.54, 1.807) is 13.8 Å². The summed E-state index contributed by atoms with van der Waals surface area (Å²) in [5, 5.41) is 0. The van der Waals surface area contributed by atoms with Crippen LogP contribution in [0.5, 0.6) is 11.5 Å². The Labute approximate surface area is 213 Å². The van der Waals surface area contributed by atoms with E-state index < -0.39 is 16.6 Å². The predicted octanol–water partition coefficient (Wildman–Crippen LogP) is 7.39. The molecule has 35 heavy (non-hydrogen) atoms. The lowest BCUT2D eigenvalue weighted by Gasteiger charge is -2.42. The summed E-state index contributed by atoms with van der Waals surface area (Å²) in [6.07, 6.45) is 3.80. The molecular weight excluding hydrogens is 472 g/mol. The Morgan fingerprint density at radius 2 is 0.971 bits per heavy atom. The lowest BCUT2D eigenvalue weighted by Crippen LogP contribution is -2.60. The molecule has 2 aromatic carbocycles. The second kappa shape index (κ2) is 12.6. The first-order valence-corrected chi connectivity index (χ1v) is 18.6. The summed E-state index contributed by atoms with van der Waals surface area (Å²) in [5.41, 5.74) is 1.34. The minimum absolute atomic E-state index is 0.0143. The molecule has 192 valence electrons. The Kier molecular flexibility index (Phi) is 10.5. The number of hydrogen-bond acceptors (Lipinski definition) is 5. The molecule has 0 radical (unpaired) electrons. The van der Waals surface area contributed by atoms with E-state index in [-0.39, 0.29) is 23.0 Å². The number of ether oxygens (including phenoxy) is 2. The van der Waals surface area contributed by atoms with Gasteiger partial charge in [0.15, 0.2) is 11.6 Å². The van der Waals surface area contributed by atoms with Crippen LogP contribution < -0.4 is 9.47 Å². The van der Waals surface area contributed by atoms with Gasteiger partial charge in [-0.2, -0.15) is 0 Å². The van der Waals surface area contributed by atoms with Crippen LogP contribution in [-0.4, -0.2) is 39.7 Å². The molecule has 2 rings (SSSR count). The fourth-order valence-corrected chi connectivity index (χ4v) is 13.6. The lowest BCUT2D eigenvalue weighted by atomic mass is 10.1. The van der Waals surface area contributed by atoms with Crippen LogP contribution in [0.15, 0.2) is 48.5 Å². The average molecular weight is 515 g/mol. The van der Waals surface area contributed by atoms with Gasteiger partial charge in [-0.15, -0.1) is 0 Å². The molecule has 0 bridgehead atoms. The van der Waals surface area contributed by atoms with E-state index in [2.05, 4.69) is 40.0 Å². The Balaban J connectivity index is 2.20. The van der Waals surface area contributed by atoms with E-state index >= 15 is 0 Å². The SMILES string of the molecule is CCCC(Oc1ccc(C(C)=O)cc1)[Si](C)(C)O[Si](C)(C)C(CCC)Oc1ccc(C(C)=O)cc1. The number of ketones is 2. The van der Waals surface area contributed by atoms with Gasteiger partial charge in [0.1, 0.15) is 23.0 Å². The summed E-state index contributed by atoms with van der Waals surface area (Å²) in [4.78, 5) is 23.2. The molecule has 0 fully saturated rings. The van der Waals surface area contributed by atoms with Gasteiger partial charge in [-0.1, -0.05) is 26.7 Å². The van der Waals surface area contributed by atoms with Gasteiger partial charge in [-0.25, -0.2) is 0 Å². The molecule has 0 amide bonds. The van der Waals surface area contributed by atoms with E-state index in [1.807, 2.05) is 48.5 Å². The largest absolute Gasteiger partial charge is 0.491 e. The number of carbonyl (C=O) groups is 2. The molecule has 0 saturated carbocycles. The van der Waals surface area contributed by atoms with Crippen molar-refractivity contribution < 1.29 is 23.2 Å². The molecule has 0 heterocycles. The predicted molar refractivity (Wildman–Crippen MR) is 148 cm³/mol. The molecule has 0 aromatic heterocycles. The zero-order valence-corrected chi connectivity index (χ0v) is 24.6. The van der Waals surface area contributed by atoms with Crippen LogP contribution in [0, 0.1) is 0 Å². The van der Waals surface area contributed by atoms with Crippen LogP contribution in [0.1, 0.15) is 74.1 Å². The number of rotatable bonds is 14. The van der Waals surface area contributed by atoms with Crippen LogP contribution >= 0.6 is 0 Å². The molecule has 5 nitrogen and oxygen atoms in total. The fraction of sp³-hybridized carbons (Fsp3) is 0.500. The number of Topliss-reactive ketones (excluding diaryl/α,β-unsaturated/α-hetero) is 2. The maximum atomic E-state index is 11.6. The Morgan fingerprint density at radius 3 is 1.23 bits per heavy atom. The molecule has 7 heteroatoms. The van der Waals surface area contributed by atoms with Crippen molar-refractivity contribution in [1.29, 1.82) is 0 Å². The zero-order chi connectivity index (χ0) is 26.2. The number of hydrogen-bond donors (Lipinski definition) is 0. The number of carbonyl (C=O) groups excluding carboxylic acids is 2. The van der Waals surface area contributed by atoms with Crippen LogP contribution in [0.25, 0.3) is 0 Å². The van der Waals surface area contributed by atoms with Crippen molar-refractivity contribution in [3.05, 3.63) is 59.7 Å². The molecule has 0 N–H and O–H groups in total. The molecule has 2 unspecified atom stereocenters. The van der Waals surface area contributed by atoms with Gasteiger partial charge >= 0.3 is 0 Å². The highest BCUT2D eigenvalue weighted by Gasteiger charge is 2.45. The normalized spacial score (nSPS) is 13.7. The van der Waals surface area contributed by atoms with Crippen molar-refractivity contribution in [3.8, 4) is 11.5 Å². The van der Waals surface area contributed by atoms with Gasteiger partial charge in [-0.3, -0.25) is 9.59 Å². The van der Waals surface area contributed by atoms with Gasteiger partial charge in [-0.05, 0) is 101 Å². The van der Waals surface area contributed by atoms with Crippen LogP contribution in [0.2, 0.25) is 26.2 Å². The van der Waals surface area contributed by atoms with E-state index in [0.717, 1.165) is 37.2 Å². The van der Waals surface area contributed by atoms with Crippen LogP contribution in [0.3, 0.4) is 0 Å². The number of benzene rings is 2. The molecule has 2 atom stereocenters. The highest BCUT2D eigenvalue weighted by atomic mass is 28.4. The maximum Gasteiger partial charge on any atom is 0.217 e. The van der Waals surface area contributed by atoms with Gasteiger partial charge in [0.2, 0.25) is 16.6 Å². The highest BCUT2D eigenvalue weighted by molar-refractivity contribution is 6.86. The van der Waals surface area contributed by atoms with Crippen molar-refractivity contribution in [2.75, 3.05) is 0 Å². The topological polar surface area (TPSA) is 61.8 Å². The maximum absolute atomic E-state index is 11.6. The molecule has 0 saturated heterocycles. The minimum atomic E-state index is -2.29. The van der Waals surface area contributed by atoms with Crippen LogP contribution in [-0.2, 0) is 4.12 Å². The third kappa shape index (κ3) is 8.44. The third-order valence-electron chi connectivity index (χ3n) is 6.26. The van der Waals surface area contributed by atoms with E-state index in [1.165, 1.54) is 0 Å². The second-order valence-electron chi connectivity index (χ2n) is 10.3. The summed E-state index contributed by atoms with van der Waals surface area (Å²) >= 11 is 0. The van der Waals surface area contributed by atoms with E-state index in [9.17, 15) is 9.59 Å². The van der Waals surface area contributed by atoms with Crippen molar-refractivity contribution in [2.45, 2.75) is 91.0 Å². The molecule has 0 aliphatic rings. The molecule has 2 aromatic rings. The minimum Gasteiger partial charge on any atom is -0.491 e. The van der Waals surface area contributed by atoms with Gasteiger partial charge in [0.25, 0.3) is 0 Å². The Hall–Kier alpha value is -2.23. The first-order chi connectivity index (χ1) is 16.4. The monoisotopic (exact) mass is 514 g/mol. The van der Waals surface area contributed by atoms with Gasteiger partial charge in [0.05, 0.1) is 0 Å². The zero-order valence-electron chi connectivity index (χ0n) is 22.6. The lowest BCUT2D eigenvalue weighted by molar-refractivity contribution is 0.100. The first kappa shape index (κ1) is 29.0. The summed E-state index contributed by atoms with van der Waals surface area (Å²) in [5.74, 6) is 1.63. The summed E-state index contributed by atoms with van der Waals surface area (Å²) in [6, 6.07) is 14.8. The standard InChI is InChI=1S/C28H42O5Si2/c1-9-11-27(31-25-17-13-23(14-18-25)21(3)29)34(5,6)33-35(7,8)28(12-10-2)32-26-19-15-24(16-20-26)22(4)30/h13-20,27-28H,9-12H2,1-8H3. The van der Waals surface area contributed by atoms with Gasteiger partial charge < -0.3 is 13.6 Å². The van der Waals surface area contributed by atoms with E-state index in [0.29, 0.717) is 11.1 Å². The van der Waals surface area contributed by atoms with Gasteiger partial charge in [0, 0.05) is 11.1 Å². The summed E-state index contributed by atoms with van der Waals surface area (Å²) in [6.45, 7) is 16.4. The quantitative estimate of drug-likeness (QED) is 0.194. The van der Waals surface area contributed by atoms with Crippen molar-refractivity contribution in [3.63, 3.8) is 0 Å². The molecule has 0 spiro atoms. The molecular formula is C28H42O5Si2. The van der Waals surface area contributed by atoms with Crippen LogP contribution in [0.4, 0.5) is 0 Å². The Morgan fingerprint density at radius 1 is 0.657 bits per heavy atom. The fourth-order valence-electron chi connectivity index (χ4n) is 4.30. The summed E-state index contributed by atoms with van der Waals surface area (Å²) < 4.78 is 20.0. The summed E-state index contributed by atoms with van der Waals surface area (Å²) in [7, 11) is -4.58. The molecule has 0 aliphatic heterocycles. The van der Waals surface area contributed by atoms with Crippen molar-refractivity contribution in [2.24, 2.45) is 0 Å². The Bertz CT molecular complexity index is 888. The van der Waals surface area contributed by atoms with E-state index in [4.69, 9.17) is 13.6 Å². The smallest absolute Gasteiger partial charge is 0.217 e.